The molecule has 4 atom stereocenters. The summed E-state index contributed by atoms with van der Waals surface area (Å²) in [6.45, 7) is 7.59. The molecule has 2 fully saturated rings. The van der Waals surface area contributed by atoms with Crippen LogP contribution in [0.4, 0.5) is 0 Å². The van der Waals surface area contributed by atoms with Crippen LogP contribution < -0.4 is 4.74 Å². The fourth-order valence-electron chi connectivity index (χ4n) is 5.95. The predicted octanol–water partition coefficient (Wildman–Crippen LogP) is 1.69. The maximum Gasteiger partial charge on any atom is 0.174 e. The molecule has 5 heteroatoms. The first-order valence-corrected chi connectivity index (χ1v) is 9.04. The first kappa shape index (κ1) is 15.4. The number of carbonyl (C=O) groups excluding carboxylic acids is 1. The minimum atomic E-state index is -1.01. The Morgan fingerprint density at radius 3 is 3.00 bits per heavy atom. The number of nitrogens with zero attached hydrogens (tertiary/aromatic N) is 1. The van der Waals surface area contributed by atoms with Crippen LogP contribution in [0.25, 0.3) is 0 Å². The lowest BCUT2D eigenvalue weighted by Gasteiger charge is -2.62. The molecule has 1 aromatic rings. The number of phenols is 1. The first-order valence-electron chi connectivity index (χ1n) is 9.04. The summed E-state index contributed by atoms with van der Waals surface area (Å²) < 4.78 is 6.01. The third-order valence-corrected chi connectivity index (χ3v) is 6.84. The standard InChI is InChI=1S/C20H23NO4/c1-11(2)10-21-8-7-19-16-12-3-4-13(22)17(16)25-18(19)14(23)5-6-20(19,24)15(21)9-12/h3-4,15,18,22,24H,1,5-10H2,2H3/t15-,18+,19+,20-/m1/s1. The summed E-state index contributed by atoms with van der Waals surface area (Å²) >= 11 is 0. The zero-order chi connectivity index (χ0) is 17.6. The van der Waals surface area contributed by atoms with Gasteiger partial charge in [0.1, 0.15) is 0 Å². The number of phenolic OH excluding ortho intramolecular Hbond substituents is 1. The van der Waals surface area contributed by atoms with E-state index in [4.69, 9.17) is 4.74 Å². The molecule has 1 spiro atoms. The molecular formula is C20H23NO4. The number of carbonyl (C=O) groups is 1. The Kier molecular flexibility index (Phi) is 2.87. The van der Waals surface area contributed by atoms with Crippen molar-refractivity contribution in [2.45, 2.75) is 55.8 Å². The van der Waals surface area contributed by atoms with Gasteiger partial charge in [-0.25, -0.2) is 0 Å². The molecule has 2 aliphatic heterocycles. The predicted molar refractivity (Wildman–Crippen MR) is 91.9 cm³/mol. The molecule has 25 heavy (non-hydrogen) atoms. The van der Waals surface area contributed by atoms with Gasteiger partial charge in [-0.1, -0.05) is 18.2 Å². The van der Waals surface area contributed by atoms with Crippen molar-refractivity contribution >= 4 is 5.78 Å². The Hall–Kier alpha value is -1.85. The second-order valence-electron chi connectivity index (χ2n) is 8.21. The number of aliphatic hydroxyl groups is 1. The molecule has 132 valence electrons. The molecule has 0 radical (unpaired) electrons. The van der Waals surface area contributed by atoms with Crippen LogP contribution >= 0.6 is 0 Å². The normalized spacial score (nSPS) is 38.2. The molecule has 2 heterocycles. The van der Waals surface area contributed by atoms with Crippen molar-refractivity contribution in [3.63, 3.8) is 0 Å². The van der Waals surface area contributed by atoms with E-state index >= 15 is 0 Å². The highest BCUT2D eigenvalue weighted by molar-refractivity contribution is 5.90. The van der Waals surface area contributed by atoms with Gasteiger partial charge in [-0.05, 0) is 37.8 Å². The lowest BCUT2D eigenvalue weighted by Crippen LogP contribution is -2.76. The van der Waals surface area contributed by atoms with Crippen molar-refractivity contribution in [2.75, 3.05) is 13.1 Å². The third kappa shape index (κ3) is 1.64. The maximum absolute atomic E-state index is 12.7. The Balaban J connectivity index is 1.76. The van der Waals surface area contributed by atoms with E-state index in [0.29, 0.717) is 31.4 Å². The summed E-state index contributed by atoms with van der Waals surface area (Å²) in [6, 6.07) is 3.52. The minimum Gasteiger partial charge on any atom is -0.504 e. The maximum atomic E-state index is 12.7. The van der Waals surface area contributed by atoms with Crippen molar-refractivity contribution in [1.29, 1.82) is 0 Å². The van der Waals surface area contributed by atoms with Crippen molar-refractivity contribution in [2.24, 2.45) is 0 Å². The van der Waals surface area contributed by atoms with Crippen LogP contribution in [0, 0.1) is 0 Å². The summed E-state index contributed by atoms with van der Waals surface area (Å²) in [6.07, 6.45) is 1.47. The molecule has 5 nitrogen and oxygen atoms in total. The highest BCUT2D eigenvalue weighted by atomic mass is 16.5. The fourth-order valence-corrected chi connectivity index (χ4v) is 5.95. The van der Waals surface area contributed by atoms with Crippen LogP contribution in [0.15, 0.2) is 24.3 Å². The molecule has 2 aliphatic carbocycles. The highest BCUT2D eigenvalue weighted by Crippen LogP contribution is 2.64. The Morgan fingerprint density at radius 2 is 2.24 bits per heavy atom. The van der Waals surface area contributed by atoms with Crippen molar-refractivity contribution in [3.05, 3.63) is 35.4 Å². The van der Waals surface area contributed by atoms with Gasteiger partial charge in [0, 0.05) is 31.1 Å². The van der Waals surface area contributed by atoms with Crippen LogP contribution in [-0.2, 0) is 16.6 Å². The quantitative estimate of drug-likeness (QED) is 0.801. The minimum absolute atomic E-state index is 0.0419. The number of hydrogen-bond donors (Lipinski definition) is 2. The van der Waals surface area contributed by atoms with Gasteiger partial charge < -0.3 is 14.9 Å². The van der Waals surface area contributed by atoms with E-state index in [1.165, 1.54) is 0 Å². The summed E-state index contributed by atoms with van der Waals surface area (Å²) in [5.74, 6) is 0.531. The van der Waals surface area contributed by atoms with E-state index in [0.717, 1.165) is 29.8 Å². The monoisotopic (exact) mass is 341 g/mol. The molecule has 0 amide bonds. The SMILES string of the molecule is C=C(C)CN1CC[C@]23c4c5ccc(O)c4O[C@H]2C(=O)CC[C@@]3(O)[C@H]1C5. The number of Topliss-reactive ketones (excluding diaryl/α,β-unsaturated/α-hetero) is 1. The number of benzene rings is 1. The Bertz CT molecular complexity index is 818. The van der Waals surface area contributed by atoms with Crippen LogP contribution in [-0.4, -0.2) is 51.7 Å². The number of ketones is 1. The zero-order valence-electron chi connectivity index (χ0n) is 14.4. The molecule has 2 bridgehead atoms. The third-order valence-electron chi connectivity index (χ3n) is 6.84. The van der Waals surface area contributed by atoms with Crippen molar-refractivity contribution in [3.8, 4) is 11.5 Å². The van der Waals surface area contributed by atoms with Crippen LogP contribution in [0.2, 0.25) is 0 Å². The molecule has 1 saturated heterocycles. The van der Waals surface area contributed by atoms with Gasteiger partial charge in [0.05, 0.1) is 11.0 Å². The van der Waals surface area contributed by atoms with Crippen LogP contribution in [0.5, 0.6) is 11.5 Å². The summed E-state index contributed by atoms with van der Waals surface area (Å²) in [5.41, 5.74) is 1.32. The number of hydrogen-bond acceptors (Lipinski definition) is 5. The Morgan fingerprint density at radius 1 is 1.44 bits per heavy atom. The van der Waals surface area contributed by atoms with Gasteiger partial charge in [-0.15, -0.1) is 0 Å². The summed E-state index contributed by atoms with van der Waals surface area (Å²) in [7, 11) is 0. The molecule has 1 aromatic carbocycles. The first-order chi connectivity index (χ1) is 11.9. The van der Waals surface area contributed by atoms with Gasteiger partial charge in [-0.2, -0.15) is 0 Å². The van der Waals surface area contributed by atoms with E-state index < -0.39 is 17.1 Å². The zero-order valence-corrected chi connectivity index (χ0v) is 14.4. The molecule has 0 aromatic heterocycles. The van der Waals surface area contributed by atoms with Gasteiger partial charge in [-0.3, -0.25) is 9.69 Å². The second-order valence-corrected chi connectivity index (χ2v) is 8.21. The van der Waals surface area contributed by atoms with E-state index in [9.17, 15) is 15.0 Å². The molecule has 0 unspecified atom stereocenters. The van der Waals surface area contributed by atoms with Gasteiger partial charge in [0.15, 0.2) is 23.4 Å². The van der Waals surface area contributed by atoms with Crippen LogP contribution in [0.1, 0.15) is 37.3 Å². The van der Waals surface area contributed by atoms with E-state index in [1.807, 2.05) is 13.0 Å². The number of likely N-dealkylation sites (tertiary alicyclic amines) is 1. The number of ether oxygens (including phenoxy) is 1. The summed E-state index contributed by atoms with van der Waals surface area (Å²) in [4.78, 5) is 15.0. The molecule has 4 aliphatic rings. The van der Waals surface area contributed by atoms with Gasteiger partial charge >= 0.3 is 0 Å². The fraction of sp³-hybridized carbons (Fsp3) is 0.550. The number of aromatic hydroxyl groups is 1. The summed E-state index contributed by atoms with van der Waals surface area (Å²) in [5, 5.41) is 22.2. The number of rotatable bonds is 2. The van der Waals surface area contributed by atoms with Gasteiger partial charge in [0.2, 0.25) is 0 Å². The lowest BCUT2D eigenvalue weighted by atomic mass is 9.49. The largest absolute Gasteiger partial charge is 0.504 e. The van der Waals surface area contributed by atoms with Crippen molar-refractivity contribution in [1.82, 2.24) is 4.90 Å². The second kappa shape index (κ2) is 4.65. The molecular weight excluding hydrogens is 318 g/mol. The average Bonchev–Trinajstić information content (AvgIpc) is 2.91. The van der Waals surface area contributed by atoms with E-state index in [-0.39, 0.29) is 17.6 Å². The smallest absolute Gasteiger partial charge is 0.174 e. The average molecular weight is 341 g/mol. The molecule has 1 saturated carbocycles. The highest BCUT2D eigenvalue weighted by Gasteiger charge is 2.73. The van der Waals surface area contributed by atoms with Crippen molar-refractivity contribution < 1.29 is 19.7 Å². The van der Waals surface area contributed by atoms with E-state index in [2.05, 4.69) is 11.5 Å². The molecule has 5 rings (SSSR count). The number of piperidine rings is 1. The van der Waals surface area contributed by atoms with Gasteiger partial charge in [0.25, 0.3) is 0 Å². The van der Waals surface area contributed by atoms with E-state index in [1.54, 1.807) is 6.07 Å². The topological polar surface area (TPSA) is 70.0 Å². The molecule has 2 N–H and O–H groups in total. The Labute approximate surface area is 146 Å². The van der Waals surface area contributed by atoms with Crippen LogP contribution in [0.3, 0.4) is 0 Å². The lowest BCUT2D eigenvalue weighted by molar-refractivity contribution is -0.187.